The van der Waals surface area contributed by atoms with Crippen LogP contribution in [0.3, 0.4) is 0 Å². The molecule has 0 unspecified atom stereocenters. The highest BCUT2D eigenvalue weighted by Gasteiger charge is 2.12. The van der Waals surface area contributed by atoms with E-state index in [1.165, 1.54) is 0 Å². The summed E-state index contributed by atoms with van der Waals surface area (Å²) in [4.78, 5) is 14.2. The summed E-state index contributed by atoms with van der Waals surface area (Å²) >= 11 is 0. The minimum absolute atomic E-state index is 0.0640. The predicted molar refractivity (Wildman–Crippen MR) is 47.1 cm³/mol. The number of aromatic nitrogens is 2. The minimum Gasteiger partial charge on any atom is -0.474 e. The lowest BCUT2D eigenvalue weighted by Crippen LogP contribution is -2.26. The number of nitrogens with two attached hydrogens (primary N) is 2. The highest BCUT2D eigenvalue weighted by atomic mass is 16.5. The summed E-state index contributed by atoms with van der Waals surface area (Å²) in [6.07, 6.45) is 0. The molecule has 1 heterocycles. The molecule has 0 aromatic carbocycles. The standard InChI is InChI=1S/C6H10N4O4/c7-3-4(8)10(13)6(12)9-5(3)14-2-1-11/h11,13H,1-2,7-8H2. The van der Waals surface area contributed by atoms with E-state index in [1.807, 2.05) is 0 Å². The second-order valence-electron chi connectivity index (χ2n) is 2.38. The first-order chi connectivity index (χ1) is 6.57. The lowest BCUT2D eigenvalue weighted by Gasteiger charge is -2.08. The summed E-state index contributed by atoms with van der Waals surface area (Å²) in [5, 5.41) is 17.4. The first-order valence-electron chi connectivity index (χ1n) is 3.68. The van der Waals surface area contributed by atoms with Crippen molar-refractivity contribution < 1.29 is 15.1 Å². The summed E-state index contributed by atoms with van der Waals surface area (Å²) in [6, 6.07) is 0. The Balaban J connectivity index is 3.13. The third-order valence-electron chi connectivity index (χ3n) is 1.44. The Bertz CT molecular complexity index is 388. The molecule has 0 spiro atoms. The molecule has 1 rings (SSSR count). The quantitative estimate of drug-likeness (QED) is 0.416. The Labute approximate surface area is 78.3 Å². The molecule has 0 atom stereocenters. The molecule has 0 saturated heterocycles. The predicted octanol–water partition coefficient (Wildman–Crippen LogP) is -1.98. The Morgan fingerprint density at radius 3 is 2.71 bits per heavy atom. The van der Waals surface area contributed by atoms with Crippen LogP contribution in [-0.4, -0.2) is 33.2 Å². The lowest BCUT2D eigenvalue weighted by atomic mass is 10.5. The highest BCUT2D eigenvalue weighted by molar-refractivity contribution is 5.64. The van der Waals surface area contributed by atoms with Crippen molar-refractivity contribution in [1.82, 2.24) is 9.71 Å². The first-order valence-corrected chi connectivity index (χ1v) is 3.68. The summed E-state index contributed by atoms with van der Waals surface area (Å²) in [7, 11) is 0. The van der Waals surface area contributed by atoms with Crippen molar-refractivity contribution in [2.75, 3.05) is 24.7 Å². The minimum atomic E-state index is -0.996. The average Bonchev–Trinajstić information content (AvgIpc) is 2.18. The Morgan fingerprint density at radius 2 is 2.14 bits per heavy atom. The van der Waals surface area contributed by atoms with Crippen LogP contribution in [-0.2, 0) is 0 Å². The van der Waals surface area contributed by atoms with E-state index >= 15 is 0 Å². The number of nitrogen functional groups attached to an aromatic ring is 2. The molecule has 0 fully saturated rings. The van der Waals surface area contributed by atoms with Crippen LogP contribution in [0.25, 0.3) is 0 Å². The van der Waals surface area contributed by atoms with Gasteiger partial charge >= 0.3 is 5.69 Å². The molecule has 0 aliphatic heterocycles. The smallest absolute Gasteiger partial charge is 0.385 e. The number of aliphatic hydroxyl groups is 1. The molecule has 6 N–H and O–H groups in total. The average molecular weight is 202 g/mol. The van der Waals surface area contributed by atoms with Crippen LogP contribution in [0.15, 0.2) is 4.79 Å². The van der Waals surface area contributed by atoms with Crippen molar-refractivity contribution in [3.05, 3.63) is 10.5 Å². The first kappa shape index (κ1) is 10.1. The normalized spacial score (nSPS) is 10.1. The van der Waals surface area contributed by atoms with Gasteiger partial charge in [0.1, 0.15) is 12.3 Å². The molecular weight excluding hydrogens is 192 g/mol. The molecule has 0 bridgehead atoms. The second kappa shape index (κ2) is 3.83. The fourth-order valence-corrected chi connectivity index (χ4v) is 0.773. The van der Waals surface area contributed by atoms with Crippen LogP contribution in [0.1, 0.15) is 0 Å². The number of hydrogen-bond acceptors (Lipinski definition) is 7. The lowest BCUT2D eigenvalue weighted by molar-refractivity contribution is 0.169. The number of aliphatic hydroxyl groups excluding tert-OH is 1. The largest absolute Gasteiger partial charge is 0.474 e. The molecule has 14 heavy (non-hydrogen) atoms. The molecule has 0 radical (unpaired) electrons. The van der Waals surface area contributed by atoms with Crippen molar-refractivity contribution in [3.63, 3.8) is 0 Å². The van der Waals surface area contributed by atoms with E-state index in [0.717, 1.165) is 0 Å². The molecule has 0 amide bonds. The third-order valence-corrected chi connectivity index (χ3v) is 1.44. The van der Waals surface area contributed by atoms with Crippen LogP contribution in [0.2, 0.25) is 0 Å². The topological polar surface area (TPSA) is 137 Å². The molecule has 0 aliphatic carbocycles. The number of anilines is 2. The summed E-state index contributed by atoms with van der Waals surface area (Å²) in [6.45, 7) is -0.311. The SMILES string of the molecule is Nc1c(OCCO)nc(=O)n(O)c1N. The zero-order chi connectivity index (χ0) is 10.7. The van der Waals surface area contributed by atoms with Gasteiger partial charge in [-0.25, -0.2) is 4.79 Å². The van der Waals surface area contributed by atoms with Gasteiger partial charge in [-0.3, -0.25) is 0 Å². The summed E-state index contributed by atoms with van der Waals surface area (Å²) in [5.74, 6) is -0.551. The monoisotopic (exact) mass is 202 g/mol. The van der Waals surface area contributed by atoms with E-state index in [4.69, 9.17) is 26.5 Å². The van der Waals surface area contributed by atoms with Gasteiger partial charge in [0.2, 0.25) is 5.88 Å². The molecule has 8 nitrogen and oxygen atoms in total. The van der Waals surface area contributed by atoms with Crippen LogP contribution < -0.4 is 21.9 Å². The van der Waals surface area contributed by atoms with Gasteiger partial charge in [-0.1, -0.05) is 0 Å². The zero-order valence-electron chi connectivity index (χ0n) is 7.17. The van der Waals surface area contributed by atoms with E-state index in [2.05, 4.69) is 4.98 Å². The summed E-state index contributed by atoms with van der Waals surface area (Å²) < 4.78 is 4.92. The van der Waals surface area contributed by atoms with Gasteiger partial charge in [-0.15, -0.1) is 4.73 Å². The molecular formula is C6H10N4O4. The van der Waals surface area contributed by atoms with Crippen molar-refractivity contribution in [2.24, 2.45) is 0 Å². The summed E-state index contributed by atoms with van der Waals surface area (Å²) in [5.41, 5.74) is 9.49. The van der Waals surface area contributed by atoms with E-state index in [9.17, 15) is 4.79 Å². The van der Waals surface area contributed by atoms with Crippen molar-refractivity contribution in [1.29, 1.82) is 0 Å². The van der Waals surface area contributed by atoms with Crippen molar-refractivity contribution in [3.8, 4) is 5.88 Å². The highest BCUT2D eigenvalue weighted by Crippen LogP contribution is 2.21. The van der Waals surface area contributed by atoms with Crippen molar-refractivity contribution in [2.45, 2.75) is 0 Å². The number of ether oxygens (including phenoxy) is 1. The third kappa shape index (κ3) is 1.69. The maximum absolute atomic E-state index is 10.9. The van der Waals surface area contributed by atoms with Gasteiger partial charge in [0.25, 0.3) is 0 Å². The van der Waals surface area contributed by atoms with Gasteiger partial charge < -0.3 is 26.5 Å². The van der Waals surface area contributed by atoms with Crippen LogP contribution in [0.5, 0.6) is 5.88 Å². The number of nitrogens with zero attached hydrogens (tertiary/aromatic N) is 2. The molecule has 1 aromatic rings. The van der Waals surface area contributed by atoms with Gasteiger partial charge in [0, 0.05) is 0 Å². The number of rotatable bonds is 3. The maximum Gasteiger partial charge on any atom is 0.385 e. The van der Waals surface area contributed by atoms with E-state index in [-0.39, 0.29) is 35.3 Å². The Kier molecular flexibility index (Phi) is 2.77. The van der Waals surface area contributed by atoms with Crippen LogP contribution >= 0.6 is 0 Å². The molecule has 0 saturated carbocycles. The van der Waals surface area contributed by atoms with E-state index < -0.39 is 5.69 Å². The fourth-order valence-electron chi connectivity index (χ4n) is 0.773. The zero-order valence-corrected chi connectivity index (χ0v) is 7.17. The second-order valence-corrected chi connectivity index (χ2v) is 2.38. The fraction of sp³-hybridized carbons (Fsp3) is 0.333. The molecule has 0 aliphatic rings. The Hall–Kier alpha value is -1.96. The van der Waals surface area contributed by atoms with Crippen LogP contribution in [0, 0.1) is 0 Å². The molecule has 1 aromatic heterocycles. The van der Waals surface area contributed by atoms with Crippen LogP contribution in [0.4, 0.5) is 11.5 Å². The van der Waals surface area contributed by atoms with Crippen molar-refractivity contribution >= 4 is 11.5 Å². The molecule has 78 valence electrons. The van der Waals surface area contributed by atoms with Gasteiger partial charge in [-0.2, -0.15) is 4.98 Å². The molecule has 8 heteroatoms. The van der Waals surface area contributed by atoms with E-state index in [0.29, 0.717) is 0 Å². The van der Waals surface area contributed by atoms with Gasteiger partial charge in [0.15, 0.2) is 5.82 Å². The van der Waals surface area contributed by atoms with Gasteiger partial charge in [-0.05, 0) is 0 Å². The maximum atomic E-state index is 10.9. The number of hydrogen-bond donors (Lipinski definition) is 4. The van der Waals surface area contributed by atoms with Gasteiger partial charge in [0.05, 0.1) is 6.61 Å². The Morgan fingerprint density at radius 1 is 1.50 bits per heavy atom. The van der Waals surface area contributed by atoms with E-state index in [1.54, 1.807) is 0 Å².